The Morgan fingerprint density at radius 3 is 2.35 bits per heavy atom. The van der Waals surface area contributed by atoms with Crippen LogP contribution in [0.1, 0.15) is 36.8 Å². The van der Waals surface area contributed by atoms with Gasteiger partial charge in [-0.3, -0.25) is 4.79 Å². The minimum atomic E-state index is -0.218. The number of fused-ring (bicyclic) bond motifs is 1. The average Bonchev–Trinajstić information content (AvgIpc) is 3.67. The van der Waals surface area contributed by atoms with Crippen LogP contribution in [0, 0.1) is 0 Å². The highest BCUT2D eigenvalue weighted by molar-refractivity contribution is 6.33. The van der Waals surface area contributed by atoms with Crippen LogP contribution in [0.4, 0.5) is 5.69 Å². The molecule has 0 bridgehead atoms. The van der Waals surface area contributed by atoms with E-state index in [4.69, 9.17) is 37.4 Å². The van der Waals surface area contributed by atoms with Crippen molar-refractivity contribution in [3.8, 4) is 0 Å². The van der Waals surface area contributed by atoms with Gasteiger partial charge in [-0.05, 0) is 43.0 Å². The number of carbonyl (C=O) groups excluding carboxylic acids is 2. The van der Waals surface area contributed by atoms with Crippen molar-refractivity contribution in [1.29, 1.82) is 0 Å². The van der Waals surface area contributed by atoms with Crippen molar-refractivity contribution in [3.63, 3.8) is 0 Å². The highest BCUT2D eigenvalue weighted by Gasteiger charge is 2.31. The number of hydrogen-bond donors (Lipinski definition) is 4. The summed E-state index contributed by atoms with van der Waals surface area (Å²) in [7, 11) is 3.80. The summed E-state index contributed by atoms with van der Waals surface area (Å²) in [5.74, 6) is 6.56. The van der Waals surface area contributed by atoms with Crippen LogP contribution in [-0.4, -0.2) is 102 Å². The van der Waals surface area contributed by atoms with E-state index in [1.807, 2.05) is 49.5 Å². The lowest BCUT2D eigenvalue weighted by Crippen LogP contribution is -2.44. The van der Waals surface area contributed by atoms with Crippen molar-refractivity contribution in [2.75, 3.05) is 78.3 Å². The third kappa shape index (κ3) is 13.1. The van der Waals surface area contributed by atoms with Crippen molar-refractivity contribution in [2.24, 2.45) is 11.6 Å². The molecular formula is C41H58ClN7O5. The summed E-state index contributed by atoms with van der Waals surface area (Å²) >= 11 is 6.36. The molecular weight excluding hydrogens is 706 g/mol. The highest BCUT2D eigenvalue weighted by Crippen LogP contribution is 2.33. The number of aldehydes is 1. The Bertz CT molecular complexity index is 1610. The smallest absolute Gasteiger partial charge is 0.242 e. The largest absolute Gasteiger partial charge is 0.396 e. The fourth-order valence-electron chi connectivity index (χ4n) is 6.19. The molecule has 1 saturated heterocycles. The SMILES string of the molecule is C=C(CCC=O)NC.C=CC1=C(\C=C)N(C)Cc2ccccc2/C(N(N)CCOCCOCCOCCNC(=O)C2CCCN2c2ccccc2Cl)=C\1N. The lowest BCUT2D eigenvalue weighted by molar-refractivity contribution is -0.122. The minimum Gasteiger partial charge on any atom is -0.396 e. The van der Waals surface area contributed by atoms with E-state index in [2.05, 4.69) is 46.2 Å². The molecule has 0 spiro atoms. The molecule has 1 unspecified atom stereocenters. The van der Waals surface area contributed by atoms with Gasteiger partial charge in [-0.15, -0.1) is 0 Å². The lowest BCUT2D eigenvalue weighted by atomic mass is 9.96. The summed E-state index contributed by atoms with van der Waals surface area (Å²) in [6.07, 6.45) is 7.50. The van der Waals surface area contributed by atoms with Crippen LogP contribution in [0.15, 0.2) is 103 Å². The van der Waals surface area contributed by atoms with Crippen molar-refractivity contribution in [3.05, 3.63) is 119 Å². The summed E-state index contributed by atoms with van der Waals surface area (Å²) in [6, 6.07) is 15.5. The summed E-state index contributed by atoms with van der Waals surface area (Å²) < 4.78 is 17.0. The number of carbonyl (C=O) groups is 2. The Hall–Kier alpha value is -4.59. The highest BCUT2D eigenvalue weighted by atomic mass is 35.5. The van der Waals surface area contributed by atoms with Gasteiger partial charge in [0.1, 0.15) is 12.3 Å². The van der Waals surface area contributed by atoms with E-state index >= 15 is 0 Å². The number of benzene rings is 2. The number of rotatable bonds is 21. The van der Waals surface area contributed by atoms with Crippen molar-refractivity contribution in [1.82, 2.24) is 20.5 Å². The molecule has 294 valence electrons. The molecule has 2 aliphatic heterocycles. The number of hydrazine groups is 1. The summed E-state index contributed by atoms with van der Waals surface area (Å²) in [5, 5.41) is 8.12. The van der Waals surface area contributed by atoms with Gasteiger partial charge < -0.3 is 50.2 Å². The topological polar surface area (TPSA) is 148 Å². The van der Waals surface area contributed by atoms with Crippen molar-refractivity contribution >= 4 is 35.2 Å². The first kappa shape index (κ1) is 43.8. The van der Waals surface area contributed by atoms with E-state index < -0.39 is 0 Å². The monoisotopic (exact) mass is 763 g/mol. The Morgan fingerprint density at radius 2 is 1.69 bits per heavy atom. The third-order valence-electron chi connectivity index (χ3n) is 9.00. The third-order valence-corrected chi connectivity index (χ3v) is 9.32. The summed E-state index contributed by atoms with van der Waals surface area (Å²) in [4.78, 5) is 26.7. The Kier molecular flexibility index (Phi) is 19.4. The molecule has 0 saturated carbocycles. The first-order valence-corrected chi connectivity index (χ1v) is 18.7. The van der Waals surface area contributed by atoms with Crippen LogP contribution in [-0.2, 0) is 30.3 Å². The zero-order valence-electron chi connectivity index (χ0n) is 31.9. The fourth-order valence-corrected chi connectivity index (χ4v) is 6.43. The maximum absolute atomic E-state index is 12.8. The number of para-hydroxylation sites is 1. The van der Waals surface area contributed by atoms with Gasteiger partial charge in [0.15, 0.2) is 0 Å². The number of hydrogen-bond acceptors (Lipinski definition) is 11. The molecule has 2 aromatic carbocycles. The van der Waals surface area contributed by atoms with E-state index in [0.717, 1.165) is 71.6 Å². The second kappa shape index (κ2) is 23.9. The molecule has 0 aromatic heterocycles. The molecule has 13 heteroatoms. The zero-order valence-corrected chi connectivity index (χ0v) is 32.6. The van der Waals surface area contributed by atoms with Crippen molar-refractivity contribution in [2.45, 2.75) is 38.3 Å². The Morgan fingerprint density at radius 1 is 1.02 bits per heavy atom. The number of nitrogens with one attached hydrogen (secondary N) is 2. The summed E-state index contributed by atoms with van der Waals surface area (Å²) in [5.41, 5.74) is 13.5. The van der Waals surface area contributed by atoms with Crippen LogP contribution < -0.4 is 27.1 Å². The van der Waals surface area contributed by atoms with Gasteiger partial charge in [0.05, 0.1) is 68.3 Å². The maximum atomic E-state index is 12.8. The quantitative estimate of drug-likeness (QED) is 0.0605. The number of halogens is 1. The number of likely N-dealkylation sites (N-methyl/N-ethyl adjacent to an activating group) is 1. The number of amides is 1. The van der Waals surface area contributed by atoms with E-state index in [1.165, 1.54) is 0 Å². The predicted octanol–water partition coefficient (Wildman–Crippen LogP) is 4.75. The van der Waals surface area contributed by atoms with Gasteiger partial charge >= 0.3 is 0 Å². The molecule has 1 amide bonds. The molecule has 0 radical (unpaired) electrons. The van der Waals surface area contributed by atoms with Gasteiger partial charge in [0, 0.05) is 62.7 Å². The second-order valence-electron chi connectivity index (χ2n) is 12.7. The molecule has 2 aromatic rings. The molecule has 12 nitrogen and oxygen atoms in total. The van der Waals surface area contributed by atoms with Crippen LogP contribution in [0.2, 0.25) is 5.02 Å². The first-order chi connectivity index (χ1) is 26.2. The van der Waals surface area contributed by atoms with Crippen molar-refractivity contribution < 1.29 is 23.8 Å². The van der Waals surface area contributed by atoms with Crippen LogP contribution in [0.25, 0.3) is 5.70 Å². The first-order valence-electron chi connectivity index (χ1n) is 18.3. The number of nitrogens with zero attached hydrogens (tertiary/aromatic N) is 3. The van der Waals surface area contributed by atoms with Crippen LogP contribution in [0.3, 0.4) is 0 Å². The van der Waals surface area contributed by atoms with E-state index in [-0.39, 0.29) is 11.9 Å². The molecule has 0 aliphatic carbocycles. The van der Waals surface area contributed by atoms with Crippen LogP contribution >= 0.6 is 11.6 Å². The standard InChI is InChI=1S/C35H47ClN6O4.C6H11NO/c1-4-27-30(5-2)40(3)25-26-11-6-7-12-28(26)34(33(27)37)42(38)18-20-45-22-24-46-23-21-44-19-16-39-35(43)32-15-10-17-41(32)31-14-9-8-13-29(31)36;1-6(7-2)4-3-5-8/h4-9,11-14,32H,1-2,10,15-25,37-38H2,3H3,(H,39,43);5,7H,1,3-4H2,2H3/b30-27-,34-33-;. The molecule has 2 aliphatic rings. The van der Waals surface area contributed by atoms with Gasteiger partial charge in [0.25, 0.3) is 0 Å². The molecule has 1 fully saturated rings. The zero-order chi connectivity index (χ0) is 39.3. The molecule has 2 heterocycles. The number of allylic oxidation sites excluding steroid dienone is 3. The lowest BCUT2D eigenvalue weighted by Gasteiger charge is -2.32. The predicted molar refractivity (Wildman–Crippen MR) is 218 cm³/mol. The van der Waals surface area contributed by atoms with E-state index in [0.29, 0.717) is 76.4 Å². The van der Waals surface area contributed by atoms with E-state index in [1.54, 1.807) is 24.2 Å². The molecule has 4 rings (SSSR count). The molecule has 1 atom stereocenters. The Labute approximate surface area is 326 Å². The van der Waals surface area contributed by atoms with E-state index in [9.17, 15) is 9.59 Å². The van der Waals surface area contributed by atoms with Gasteiger partial charge in [-0.1, -0.05) is 73.8 Å². The summed E-state index contributed by atoms with van der Waals surface area (Å²) in [6.45, 7) is 16.5. The fraction of sp³-hybridized carbons (Fsp3) is 0.415. The number of ether oxygens (including phenoxy) is 3. The number of anilines is 1. The maximum Gasteiger partial charge on any atom is 0.242 e. The Balaban J connectivity index is 0.000000879. The minimum absolute atomic E-state index is 0.00470. The van der Waals surface area contributed by atoms with Gasteiger partial charge in [0.2, 0.25) is 5.91 Å². The number of nitrogens with two attached hydrogens (primary N) is 2. The normalized spacial score (nSPS) is 18.0. The second-order valence-corrected chi connectivity index (χ2v) is 13.1. The van der Waals surface area contributed by atoms with Crippen LogP contribution in [0.5, 0.6) is 0 Å². The molecule has 6 N–H and O–H groups in total. The van der Waals surface area contributed by atoms with Gasteiger partial charge in [-0.25, -0.2) is 5.84 Å². The average molecular weight is 764 g/mol. The van der Waals surface area contributed by atoms with Gasteiger partial charge in [-0.2, -0.15) is 0 Å². The molecule has 54 heavy (non-hydrogen) atoms.